The molecule has 0 aromatic carbocycles. The van der Waals surface area contributed by atoms with Crippen LogP contribution in [0.15, 0.2) is 16.7 Å². The van der Waals surface area contributed by atoms with E-state index < -0.39 is 52.4 Å². The molecule has 166 valence electrons. The third kappa shape index (κ3) is 2.64. The zero-order chi connectivity index (χ0) is 22.1. The minimum atomic E-state index is -1.29. The number of hydrogen-bond donors (Lipinski definition) is 2. The molecule has 2 saturated carbocycles. The first-order valence-electron chi connectivity index (χ1n) is 10.7. The number of fused-ring (bicyclic) bond motifs is 4. The molecule has 4 rings (SSSR count). The van der Waals surface area contributed by atoms with Crippen molar-refractivity contribution in [3.63, 3.8) is 0 Å². The van der Waals surface area contributed by atoms with Gasteiger partial charge in [0, 0.05) is 36.7 Å². The van der Waals surface area contributed by atoms with E-state index in [4.69, 9.17) is 13.9 Å². The Kier molecular flexibility index (Phi) is 4.86. The Hall–Kier alpha value is -1.86. The summed E-state index contributed by atoms with van der Waals surface area (Å²) >= 11 is 0. The third-order valence-electron chi connectivity index (χ3n) is 8.56. The van der Waals surface area contributed by atoms with Gasteiger partial charge in [0.2, 0.25) is 0 Å². The second-order valence-corrected chi connectivity index (χ2v) is 10.1. The van der Waals surface area contributed by atoms with Crippen LogP contribution in [0, 0.1) is 22.7 Å². The summed E-state index contributed by atoms with van der Waals surface area (Å²) in [6, 6.07) is 1.76. The lowest BCUT2D eigenvalue weighted by Gasteiger charge is -2.68. The van der Waals surface area contributed by atoms with Crippen LogP contribution in [0.1, 0.15) is 64.2 Å². The summed E-state index contributed by atoms with van der Waals surface area (Å²) in [6.45, 7) is 7.33. The number of ether oxygens (including phenoxy) is 2. The molecule has 7 atom stereocenters. The number of hydrogen-bond acceptors (Lipinski definition) is 7. The van der Waals surface area contributed by atoms with Gasteiger partial charge < -0.3 is 24.1 Å². The van der Waals surface area contributed by atoms with Gasteiger partial charge in [-0.3, -0.25) is 9.59 Å². The van der Waals surface area contributed by atoms with E-state index in [2.05, 4.69) is 0 Å². The van der Waals surface area contributed by atoms with E-state index in [0.29, 0.717) is 25.0 Å². The second kappa shape index (κ2) is 6.82. The Morgan fingerprint density at radius 3 is 2.60 bits per heavy atom. The molecule has 0 radical (unpaired) electrons. The molecular formula is C23H32O7. The molecule has 7 heteroatoms. The van der Waals surface area contributed by atoms with Gasteiger partial charge in [-0.25, -0.2) is 0 Å². The maximum atomic E-state index is 12.8. The van der Waals surface area contributed by atoms with Gasteiger partial charge in [-0.05, 0) is 30.2 Å². The molecule has 0 bridgehead atoms. The fourth-order valence-corrected chi connectivity index (χ4v) is 6.94. The molecule has 30 heavy (non-hydrogen) atoms. The van der Waals surface area contributed by atoms with E-state index in [1.54, 1.807) is 12.3 Å². The van der Waals surface area contributed by atoms with Crippen LogP contribution >= 0.6 is 0 Å². The molecule has 0 aliphatic heterocycles. The maximum absolute atomic E-state index is 12.8. The van der Waals surface area contributed by atoms with Crippen molar-refractivity contribution < 1.29 is 33.7 Å². The largest absolute Gasteiger partial charge is 0.469 e. The Labute approximate surface area is 176 Å². The van der Waals surface area contributed by atoms with Crippen LogP contribution in [0.3, 0.4) is 0 Å². The van der Waals surface area contributed by atoms with Crippen LogP contribution in [-0.2, 0) is 25.5 Å². The number of esters is 2. The number of carbonyl (C=O) groups is 2. The van der Waals surface area contributed by atoms with Crippen molar-refractivity contribution in [1.29, 1.82) is 0 Å². The fourth-order valence-electron chi connectivity index (χ4n) is 6.94. The van der Waals surface area contributed by atoms with Gasteiger partial charge in [-0.1, -0.05) is 20.8 Å². The van der Waals surface area contributed by atoms with Crippen molar-refractivity contribution in [2.45, 2.75) is 77.1 Å². The van der Waals surface area contributed by atoms with Gasteiger partial charge in [-0.2, -0.15) is 0 Å². The van der Waals surface area contributed by atoms with Gasteiger partial charge >= 0.3 is 11.9 Å². The zero-order valence-corrected chi connectivity index (χ0v) is 18.3. The molecule has 1 aromatic heterocycles. The number of methoxy groups -OCH3 is 1. The molecule has 1 heterocycles. The van der Waals surface area contributed by atoms with E-state index in [1.165, 1.54) is 14.0 Å². The zero-order valence-electron chi connectivity index (χ0n) is 18.3. The van der Waals surface area contributed by atoms with Crippen LogP contribution in [0.2, 0.25) is 0 Å². The summed E-state index contributed by atoms with van der Waals surface area (Å²) in [5.74, 6) is -1.67. The topological polar surface area (TPSA) is 106 Å². The molecule has 3 aliphatic rings. The van der Waals surface area contributed by atoms with Crippen LogP contribution in [0.5, 0.6) is 0 Å². The highest BCUT2D eigenvalue weighted by Gasteiger charge is 2.72. The summed E-state index contributed by atoms with van der Waals surface area (Å²) in [5.41, 5.74) is -1.94. The monoisotopic (exact) mass is 420 g/mol. The molecule has 7 nitrogen and oxygen atoms in total. The van der Waals surface area contributed by atoms with Gasteiger partial charge in [0.15, 0.2) is 0 Å². The average Bonchev–Trinajstić information content (AvgIpc) is 3.14. The van der Waals surface area contributed by atoms with Crippen LogP contribution in [0.4, 0.5) is 0 Å². The quantitative estimate of drug-likeness (QED) is 0.708. The predicted molar refractivity (Wildman–Crippen MR) is 106 cm³/mol. The van der Waals surface area contributed by atoms with Crippen molar-refractivity contribution in [3.8, 4) is 0 Å². The Balaban J connectivity index is 1.91. The Bertz CT molecular complexity index is 857. The Morgan fingerprint density at radius 2 is 1.97 bits per heavy atom. The minimum absolute atomic E-state index is 0.107. The smallest absolute Gasteiger partial charge is 0.313 e. The maximum Gasteiger partial charge on any atom is 0.313 e. The van der Waals surface area contributed by atoms with E-state index in [9.17, 15) is 19.8 Å². The highest BCUT2D eigenvalue weighted by atomic mass is 16.5. The summed E-state index contributed by atoms with van der Waals surface area (Å²) in [5, 5.41) is 23.4. The molecule has 2 N–H and O–H groups in total. The standard InChI is InChI=1S/C23H32O7/c1-12(24)30-17-6-8-21(2,3)23(27)11-15(25)19-14(22(17,23)4)10-16-13(7-9-29-16)18(19)20(26)28-5/h7,9,14-15,17-19,25,27H,6,8,10-11H2,1-5H3/t14-,15-,17-,18+,19?,22-,23-/m0/s1. The molecule has 2 fully saturated rings. The van der Waals surface area contributed by atoms with Crippen molar-refractivity contribution >= 4 is 11.9 Å². The lowest BCUT2D eigenvalue weighted by molar-refractivity contribution is -0.296. The summed E-state index contributed by atoms with van der Waals surface area (Å²) in [4.78, 5) is 24.8. The third-order valence-corrected chi connectivity index (χ3v) is 8.56. The number of furan rings is 1. The van der Waals surface area contributed by atoms with E-state index in [0.717, 1.165) is 5.56 Å². The SMILES string of the molecule is COC(=O)[C@@H]1c2ccoc2C[C@H]2C1[C@@H](O)C[C@]1(O)C(C)(C)CC[C@H](OC(C)=O)[C@]21C. The van der Waals surface area contributed by atoms with E-state index in [-0.39, 0.29) is 12.3 Å². The summed E-state index contributed by atoms with van der Waals surface area (Å²) < 4.78 is 16.6. The number of aliphatic hydroxyl groups is 2. The molecule has 3 aliphatic carbocycles. The number of aliphatic hydroxyl groups excluding tert-OH is 1. The lowest BCUT2D eigenvalue weighted by Crippen LogP contribution is -2.74. The first-order chi connectivity index (χ1) is 14.0. The van der Waals surface area contributed by atoms with Crippen molar-refractivity contribution in [3.05, 3.63) is 23.7 Å². The van der Waals surface area contributed by atoms with Gasteiger partial charge in [0.1, 0.15) is 11.9 Å². The fraction of sp³-hybridized carbons (Fsp3) is 0.739. The number of rotatable bonds is 2. The summed E-state index contributed by atoms with van der Waals surface area (Å²) in [6.07, 6.45) is 1.94. The first-order valence-corrected chi connectivity index (χ1v) is 10.7. The van der Waals surface area contributed by atoms with Gasteiger partial charge in [0.25, 0.3) is 0 Å². The van der Waals surface area contributed by atoms with E-state index in [1.807, 2.05) is 20.8 Å². The number of carbonyl (C=O) groups excluding carboxylic acids is 2. The van der Waals surface area contributed by atoms with E-state index >= 15 is 0 Å². The van der Waals surface area contributed by atoms with Gasteiger partial charge in [0.05, 0.1) is 31.0 Å². The average molecular weight is 421 g/mol. The minimum Gasteiger partial charge on any atom is -0.469 e. The second-order valence-electron chi connectivity index (χ2n) is 10.1. The molecular weight excluding hydrogens is 388 g/mol. The van der Waals surface area contributed by atoms with Crippen molar-refractivity contribution in [2.24, 2.45) is 22.7 Å². The van der Waals surface area contributed by atoms with Gasteiger partial charge in [-0.15, -0.1) is 0 Å². The summed E-state index contributed by atoms with van der Waals surface area (Å²) in [7, 11) is 1.34. The molecule has 1 aromatic rings. The Morgan fingerprint density at radius 1 is 1.27 bits per heavy atom. The van der Waals surface area contributed by atoms with Crippen LogP contribution < -0.4 is 0 Å². The highest BCUT2D eigenvalue weighted by molar-refractivity contribution is 5.79. The molecule has 1 unspecified atom stereocenters. The molecule has 0 amide bonds. The molecule has 0 saturated heterocycles. The lowest BCUT2D eigenvalue weighted by atomic mass is 9.40. The highest BCUT2D eigenvalue weighted by Crippen LogP contribution is 2.67. The van der Waals surface area contributed by atoms with Crippen molar-refractivity contribution in [1.82, 2.24) is 0 Å². The van der Waals surface area contributed by atoms with Crippen LogP contribution in [0.25, 0.3) is 0 Å². The molecule has 0 spiro atoms. The normalized spacial score (nSPS) is 41.8. The first kappa shape index (κ1) is 21.4. The predicted octanol–water partition coefficient (Wildman–Crippen LogP) is 2.58. The van der Waals surface area contributed by atoms with Crippen LogP contribution in [-0.4, -0.2) is 47.1 Å². The van der Waals surface area contributed by atoms with Crippen molar-refractivity contribution in [2.75, 3.05) is 7.11 Å².